The van der Waals surface area contributed by atoms with Crippen LogP contribution in [0.4, 0.5) is 0 Å². The summed E-state index contributed by atoms with van der Waals surface area (Å²) >= 11 is 0. The van der Waals surface area contributed by atoms with E-state index in [1.165, 1.54) is 13.8 Å². The predicted molar refractivity (Wildman–Crippen MR) is 424 cm³/mol. The second kappa shape index (κ2) is 37.3. The molecular weight excluding hydrogens is 1470 g/mol. The molecule has 114 heavy (non-hydrogen) atoms. The highest BCUT2D eigenvalue weighted by molar-refractivity contribution is 5.91. The van der Waals surface area contributed by atoms with Gasteiger partial charge in [-0.15, -0.1) is 0 Å². The summed E-state index contributed by atoms with van der Waals surface area (Å²) in [5, 5.41) is 14.3. The molecule has 0 aromatic carbocycles. The Balaban J connectivity index is 0.000000316. The van der Waals surface area contributed by atoms with Crippen LogP contribution in [0.5, 0.6) is 0 Å². The molecule has 4 atom stereocenters. The number of esters is 6. The molecule has 28 heteroatoms. The van der Waals surface area contributed by atoms with Crippen molar-refractivity contribution >= 4 is 47.4 Å². The Hall–Kier alpha value is -4.40. The van der Waals surface area contributed by atoms with Crippen LogP contribution in [0.1, 0.15) is 257 Å². The van der Waals surface area contributed by atoms with Gasteiger partial charge in [0.2, 0.25) is 0 Å². The Morgan fingerprint density at radius 2 is 0.482 bits per heavy atom. The summed E-state index contributed by atoms with van der Waals surface area (Å²) in [4.78, 5) is 110. The molecule has 4 N–H and O–H groups in total. The number of hydrogen-bond donors (Lipinski definition) is 4. The molecule has 28 nitrogen and oxygen atoms in total. The second-order valence-electron chi connectivity index (χ2n) is 43.0. The molecule has 8 aliphatic rings. The van der Waals surface area contributed by atoms with Crippen LogP contribution in [0.3, 0.4) is 0 Å². The van der Waals surface area contributed by atoms with E-state index in [0.717, 1.165) is 0 Å². The summed E-state index contributed by atoms with van der Waals surface area (Å²) in [6.07, 6.45) is -1.37. The molecule has 0 saturated carbocycles. The first-order chi connectivity index (χ1) is 52.1. The molecular formula is C86H148N4O24. The fourth-order valence-electron chi connectivity index (χ4n) is 19.0. The molecule has 4 unspecified atom stereocenters. The normalized spacial score (nSPS) is 28.9. The van der Waals surface area contributed by atoms with Gasteiger partial charge in [-0.2, -0.15) is 0 Å². The summed E-state index contributed by atoms with van der Waals surface area (Å²) in [7, 11) is 3.30. The van der Waals surface area contributed by atoms with Crippen LogP contribution in [0.25, 0.3) is 0 Å². The first kappa shape index (κ1) is 96.7. The third-order valence-corrected chi connectivity index (χ3v) is 22.8. The maximum absolute atomic E-state index is 14.3. The monoisotopic (exact) mass is 1620 g/mol. The number of carbonyl (C=O) groups is 8. The minimum Gasteiger partial charge on any atom is -0.465 e. The molecule has 8 saturated heterocycles. The Labute approximate surface area is 680 Å². The van der Waals surface area contributed by atoms with Gasteiger partial charge in [0, 0.05) is 144 Å². The van der Waals surface area contributed by atoms with Gasteiger partial charge in [-0.1, -0.05) is 55.4 Å². The average Bonchev–Trinajstić information content (AvgIpc) is 0.809. The zero-order chi connectivity index (χ0) is 85.7. The molecule has 0 radical (unpaired) electrons. The number of methoxy groups -OCH3 is 2. The largest absolute Gasteiger partial charge is 0.465 e. The van der Waals surface area contributed by atoms with Crippen LogP contribution in [-0.2, 0) is 114 Å². The molecule has 0 bridgehead atoms. The fraction of sp³-hybridized carbons (Fsp3) is 0.907. The zero-order valence-corrected chi connectivity index (χ0v) is 74.7. The van der Waals surface area contributed by atoms with Crippen LogP contribution in [-0.4, -0.2) is 235 Å². The van der Waals surface area contributed by atoms with Crippen molar-refractivity contribution < 1.29 is 114 Å². The van der Waals surface area contributed by atoms with Crippen molar-refractivity contribution in [1.82, 2.24) is 21.3 Å². The van der Waals surface area contributed by atoms with Crippen LogP contribution >= 0.6 is 0 Å². The molecule has 0 aromatic rings. The number of rotatable bonds is 30. The summed E-state index contributed by atoms with van der Waals surface area (Å²) in [5.74, 6) is -10.0. The standard InChI is InChI=1S/2C43H74N2O12/c2*1-27(46)15-30(33(48)56-28-17-39(6,7)44-40(8,9)18-28)31(34(49)57-29-19-41(10,11)45-42(12,13)20-29)16-32(47)51-22-38(4,5)36-54-25-43(26-55-36)23-52-35(53-24-43)37(2,3)21-50-14/h2*28-31,35-36,44-45H,15-26H2,1-14H3. The van der Waals surface area contributed by atoms with Crippen molar-refractivity contribution in [2.45, 2.75) is 351 Å². The molecule has 656 valence electrons. The lowest BCUT2D eigenvalue weighted by Gasteiger charge is -2.48. The molecule has 2 spiro atoms. The lowest BCUT2D eigenvalue weighted by atomic mass is 9.80. The van der Waals surface area contributed by atoms with Crippen LogP contribution < -0.4 is 21.3 Å². The van der Waals surface area contributed by atoms with E-state index in [1.54, 1.807) is 14.2 Å². The molecule has 8 heterocycles. The first-order valence-electron chi connectivity index (χ1n) is 41.3. The van der Waals surface area contributed by atoms with E-state index in [9.17, 15) is 38.4 Å². The molecule has 0 aliphatic carbocycles. The third kappa shape index (κ3) is 28.4. The fourth-order valence-corrected chi connectivity index (χ4v) is 19.0. The zero-order valence-electron chi connectivity index (χ0n) is 74.7. The van der Waals surface area contributed by atoms with Crippen LogP contribution in [0.2, 0.25) is 0 Å². The second-order valence-corrected chi connectivity index (χ2v) is 43.0. The minimum atomic E-state index is -1.31. The van der Waals surface area contributed by atoms with E-state index < -0.39 is 144 Å². The van der Waals surface area contributed by atoms with Crippen molar-refractivity contribution in [2.75, 3.05) is 93.5 Å². The van der Waals surface area contributed by atoms with Crippen molar-refractivity contribution in [1.29, 1.82) is 0 Å². The molecule has 8 aliphatic heterocycles. The van der Waals surface area contributed by atoms with Gasteiger partial charge in [0.1, 0.15) is 49.2 Å². The maximum Gasteiger partial charge on any atom is 0.310 e. The number of carbonyl (C=O) groups excluding carboxylic acids is 8. The number of ether oxygens (including phenoxy) is 16. The van der Waals surface area contributed by atoms with E-state index in [-0.39, 0.29) is 92.8 Å². The van der Waals surface area contributed by atoms with Crippen molar-refractivity contribution in [3.05, 3.63) is 0 Å². The summed E-state index contributed by atoms with van der Waals surface area (Å²) in [6, 6.07) is 0. The highest BCUT2D eigenvalue weighted by atomic mass is 16.7. The van der Waals surface area contributed by atoms with Gasteiger partial charge in [-0.3, -0.25) is 28.8 Å². The van der Waals surface area contributed by atoms with Gasteiger partial charge < -0.3 is 107 Å². The predicted octanol–water partition coefficient (Wildman–Crippen LogP) is 10.5. The van der Waals surface area contributed by atoms with E-state index in [2.05, 4.69) is 21.3 Å². The maximum atomic E-state index is 14.3. The highest BCUT2D eigenvalue weighted by Gasteiger charge is 2.54. The molecule has 8 rings (SSSR count). The highest BCUT2D eigenvalue weighted by Crippen LogP contribution is 2.44. The van der Waals surface area contributed by atoms with Crippen molar-refractivity contribution in [3.8, 4) is 0 Å². The Kier molecular flexibility index (Phi) is 31.6. The van der Waals surface area contributed by atoms with Crippen molar-refractivity contribution in [3.63, 3.8) is 0 Å². The first-order valence-corrected chi connectivity index (χ1v) is 41.3. The van der Waals surface area contributed by atoms with Gasteiger partial charge in [-0.25, -0.2) is 0 Å². The average molecular weight is 1620 g/mol. The Morgan fingerprint density at radius 1 is 0.307 bits per heavy atom. The molecule has 0 aromatic heterocycles. The van der Waals surface area contributed by atoms with E-state index >= 15 is 0 Å². The van der Waals surface area contributed by atoms with E-state index in [4.69, 9.17) is 75.8 Å². The van der Waals surface area contributed by atoms with Gasteiger partial charge in [-0.05, 0) is 125 Å². The van der Waals surface area contributed by atoms with Gasteiger partial charge >= 0.3 is 35.8 Å². The quantitative estimate of drug-likeness (QED) is 0.0383. The summed E-state index contributed by atoms with van der Waals surface area (Å²) in [6.45, 7) is 54.6. The SMILES string of the molecule is COCC(C)(C)C1OCC2(CO1)COC(C(C)(C)COC(=O)CC(C(=O)OC1CC(C)(C)NC(C)(C)C1)C(CC(C)=O)C(=O)OC1CC(C)(C)NC(C)(C)C1)OC2.COCC(C)(C)C1OCC2(CO1)COC(C(C)(C)COC(=O)CC(C(=O)OC1CC(C)(C)NC(C)(C)C1)C(CC(C)=O)C(=O)OC1CC(C)(C)NC(C)(C)C1)OC2. The molecule has 0 amide bonds. The van der Waals surface area contributed by atoms with E-state index in [0.29, 0.717) is 117 Å². The van der Waals surface area contributed by atoms with Gasteiger partial charge in [0.15, 0.2) is 25.2 Å². The van der Waals surface area contributed by atoms with E-state index in [1.807, 2.05) is 166 Å². The third-order valence-electron chi connectivity index (χ3n) is 22.8. The number of nitrogens with one attached hydrogen (secondary N) is 4. The Bertz CT molecular complexity index is 2990. The number of piperidine rings is 4. The lowest BCUT2D eigenvalue weighted by molar-refractivity contribution is -0.337. The lowest BCUT2D eigenvalue weighted by Crippen LogP contribution is -2.60. The Morgan fingerprint density at radius 3 is 0.658 bits per heavy atom. The summed E-state index contributed by atoms with van der Waals surface area (Å²) in [5.41, 5.74) is -5.78. The van der Waals surface area contributed by atoms with Gasteiger partial charge in [0.05, 0.1) is 113 Å². The van der Waals surface area contributed by atoms with Crippen LogP contribution in [0, 0.1) is 56.2 Å². The topological polar surface area (TPSA) is 332 Å². The number of ketones is 2. The number of Topliss-reactive ketones (excluding diaryl/α,β-unsaturated/α-hetero) is 2. The molecule has 8 fully saturated rings. The number of hydrogen-bond acceptors (Lipinski definition) is 28. The van der Waals surface area contributed by atoms with Crippen molar-refractivity contribution in [2.24, 2.45) is 56.2 Å². The smallest absolute Gasteiger partial charge is 0.310 e. The minimum absolute atomic E-state index is 0.0940. The van der Waals surface area contributed by atoms with Crippen LogP contribution in [0.15, 0.2) is 0 Å². The van der Waals surface area contributed by atoms with Gasteiger partial charge in [0.25, 0.3) is 0 Å². The summed E-state index contributed by atoms with van der Waals surface area (Å²) < 4.78 is 96.1.